The molecular formula is C15H24N4O. The first-order valence-corrected chi connectivity index (χ1v) is 7.38. The zero-order chi connectivity index (χ0) is 14.5. The van der Waals surface area contributed by atoms with Crippen molar-refractivity contribution in [3.8, 4) is 0 Å². The first-order valence-electron chi connectivity index (χ1n) is 7.38. The number of nitrogens with zero attached hydrogens (tertiary/aromatic N) is 1. The highest BCUT2D eigenvalue weighted by atomic mass is 16.1. The van der Waals surface area contributed by atoms with Crippen molar-refractivity contribution < 1.29 is 4.79 Å². The van der Waals surface area contributed by atoms with E-state index in [1.165, 1.54) is 19.3 Å². The first-order chi connectivity index (χ1) is 9.62. The van der Waals surface area contributed by atoms with Crippen LogP contribution in [0.5, 0.6) is 0 Å². The molecule has 0 radical (unpaired) electrons. The van der Waals surface area contributed by atoms with Crippen molar-refractivity contribution in [1.82, 2.24) is 10.3 Å². The molecule has 0 aromatic carbocycles. The number of nitrogen functional groups attached to an aromatic ring is 1. The summed E-state index contributed by atoms with van der Waals surface area (Å²) in [5, 5.41) is 3.14. The van der Waals surface area contributed by atoms with E-state index in [9.17, 15) is 4.79 Å². The van der Waals surface area contributed by atoms with E-state index >= 15 is 0 Å². The highest BCUT2D eigenvalue weighted by molar-refractivity contribution is 5.95. The van der Waals surface area contributed by atoms with E-state index in [0.717, 1.165) is 24.5 Å². The number of amides is 1. The van der Waals surface area contributed by atoms with E-state index in [1.807, 2.05) is 6.92 Å². The molecule has 1 saturated carbocycles. The predicted octanol–water partition coefficient (Wildman–Crippen LogP) is 2.37. The van der Waals surface area contributed by atoms with Gasteiger partial charge in [0, 0.05) is 17.3 Å². The lowest BCUT2D eigenvalue weighted by Crippen LogP contribution is -2.38. The Morgan fingerprint density at radius 1 is 1.45 bits per heavy atom. The van der Waals surface area contributed by atoms with Crippen LogP contribution in [0.25, 0.3) is 0 Å². The third-order valence-electron chi connectivity index (χ3n) is 4.06. The van der Waals surface area contributed by atoms with Crippen LogP contribution >= 0.6 is 0 Å². The molecule has 1 aliphatic rings. The van der Waals surface area contributed by atoms with Gasteiger partial charge in [-0.05, 0) is 37.8 Å². The van der Waals surface area contributed by atoms with Gasteiger partial charge in [-0.1, -0.05) is 26.2 Å². The fourth-order valence-corrected chi connectivity index (χ4v) is 2.94. The Balaban J connectivity index is 2.02. The SMILES string of the molecule is CCC1CCCC(NC(=O)c2cc(C)nc(NN)c2)C1. The molecule has 20 heavy (non-hydrogen) atoms. The van der Waals surface area contributed by atoms with E-state index in [1.54, 1.807) is 12.1 Å². The lowest BCUT2D eigenvalue weighted by molar-refractivity contribution is 0.0919. The maximum Gasteiger partial charge on any atom is 0.251 e. The predicted molar refractivity (Wildman–Crippen MR) is 80.3 cm³/mol. The monoisotopic (exact) mass is 276 g/mol. The molecule has 0 saturated heterocycles. The number of nitrogens with one attached hydrogen (secondary N) is 2. The summed E-state index contributed by atoms with van der Waals surface area (Å²) in [5.41, 5.74) is 3.89. The molecule has 1 fully saturated rings. The molecule has 1 aliphatic carbocycles. The van der Waals surface area contributed by atoms with Gasteiger partial charge in [-0.25, -0.2) is 10.8 Å². The summed E-state index contributed by atoms with van der Waals surface area (Å²) in [6, 6.07) is 3.77. The van der Waals surface area contributed by atoms with Crippen LogP contribution in [0.4, 0.5) is 5.82 Å². The molecular weight excluding hydrogens is 252 g/mol. The zero-order valence-electron chi connectivity index (χ0n) is 12.3. The maximum absolute atomic E-state index is 12.3. The van der Waals surface area contributed by atoms with E-state index in [2.05, 4.69) is 22.7 Å². The average molecular weight is 276 g/mol. The number of nitrogens with two attached hydrogens (primary N) is 1. The minimum atomic E-state index is -0.0336. The molecule has 0 spiro atoms. The van der Waals surface area contributed by atoms with E-state index < -0.39 is 0 Å². The number of hydrogen-bond acceptors (Lipinski definition) is 4. The molecule has 1 amide bonds. The summed E-state index contributed by atoms with van der Waals surface area (Å²) in [7, 11) is 0. The smallest absolute Gasteiger partial charge is 0.251 e. The zero-order valence-corrected chi connectivity index (χ0v) is 12.3. The number of pyridine rings is 1. The van der Waals surface area contributed by atoms with E-state index in [4.69, 9.17) is 5.84 Å². The topological polar surface area (TPSA) is 80.0 Å². The lowest BCUT2D eigenvalue weighted by Gasteiger charge is -2.29. The third-order valence-corrected chi connectivity index (χ3v) is 4.06. The van der Waals surface area contributed by atoms with Crippen molar-refractivity contribution >= 4 is 11.7 Å². The van der Waals surface area contributed by atoms with Gasteiger partial charge < -0.3 is 10.7 Å². The van der Waals surface area contributed by atoms with Gasteiger partial charge in [0.2, 0.25) is 0 Å². The standard InChI is InChI=1S/C15H24N4O/c1-3-11-5-4-6-13(8-11)18-15(20)12-7-10(2)17-14(9-12)19-16/h7,9,11,13H,3-6,8,16H2,1-2H3,(H,17,19)(H,18,20). The first kappa shape index (κ1) is 14.8. The molecule has 4 N–H and O–H groups in total. The maximum atomic E-state index is 12.3. The number of aromatic nitrogens is 1. The van der Waals surface area contributed by atoms with Crippen molar-refractivity contribution in [1.29, 1.82) is 0 Å². The number of anilines is 1. The molecule has 2 unspecified atom stereocenters. The van der Waals surface area contributed by atoms with Crippen molar-refractivity contribution in [3.63, 3.8) is 0 Å². The minimum absolute atomic E-state index is 0.0336. The summed E-state index contributed by atoms with van der Waals surface area (Å²) in [6.45, 7) is 4.08. The van der Waals surface area contributed by atoms with Crippen molar-refractivity contribution in [2.24, 2.45) is 11.8 Å². The highest BCUT2D eigenvalue weighted by Crippen LogP contribution is 2.26. The van der Waals surface area contributed by atoms with Crippen molar-refractivity contribution in [2.75, 3.05) is 5.43 Å². The summed E-state index contributed by atoms with van der Waals surface area (Å²) >= 11 is 0. The molecule has 1 aromatic rings. The third kappa shape index (κ3) is 3.70. The number of rotatable bonds is 4. The van der Waals surface area contributed by atoms with Crippen LogP contribution in [0.15, 0.2) is 12.1 Å². The largest absolute Gasteiger partial charge is 0.349 e. The number of carbonyl (C=O) groups is 1. The lowest BCUT2D eigenvalue weighted by atomic mass is 9.84. The Morgan fingerprint density at radius 3 is 2.95 bits per heavy atom. The summed E-state index contributed by atoms with van der Waals surface area (Å²) in [5.74, 6) is 6.59. The Kier molecular flexibility index (Phi) is 4.95. The molecule has 0 bridgehead atoms. The second-order valence-corrected chi connectivity index (χ2v) is 5.64. The molecule has 5 nitrogen and oxygen atoms in total. The van der Waals surface area contributed by atoms with Gasteiger partial charge >= 0.3 is 0 Å². The Labute approximate surface area is 120 Å². The van der Waals surface area contributed by atoms with E-state index in [0.29, 0.717) is 17.4 Å². The molecule has 2 atom stereocenters. The summed E-state index contributed by atoms with van der Waals surface area (Å²) in [6.07, 6.45) is 5.86. The van der Waals surface area contributed by atoms with Gasteiger partial charge in [-0.3, -0.25) is 4.79 Å². The Bertz CT molecular complexity index is 475. The van der Waals surface area contributed by atoms with Crippen LogP contribution in [0.3, 0.4) is 0 Å². The number of hydrazine groups is 1. The van der Waals surface area contributed by atoms with Gasteiger partial charge in [0.1, 0.15) is 5.82 Å². The van der Waals surface area contributed by atoms with Gasteiger partial charge in [-0.2, -0.15) is 0 Å². The van der Waals surface area contributed by atoms with Crippen LogP contribution < -0.4 is 16.6 Å². The van der Waals surface area contributed by atoms with Crippen LogP contribution in [-0.2, 0) is 0 Å². The van der Waals surface area contributed by atoms with Gasteiger partial charge in [0.15, 0.2) is 0 Å². The van der Waals surface area contributed by atoms with E-state index in [-0.39, 0.29) is 5.91 Å². The van der Waals surface area contributed by atoms with Crippen LogP contribution in [0, 0.1) is 12.8 Å². The molecule has 110 valence electrons. The van der Waals surface area contributed by atoms with Crippen LogP contribution in [-0.4, -0.2) is 16.9 Å². The summed E-state index contributed by atoms with van der Waals surface area (Å²) < 4.78 is 0. The number of hydrogen-bond donors (Lipinski definition) is 3. The normalized spacial score (nSPS) is 22.4. The molecule has 2 rings (SSSR count). The minimum Gasteiger partial charge on any atom is -0.349 e. The second kappa shape index (κ2) is 6.70. The molecule has 1 heterocycles. The van der Waals surface area contributed by atoms with Crippen molar-refractivity contribution in [2.45, 2.75) is 52.0 Å². The number of aryl methyl sites for hydroxylation is 1. The Morgan fingerprint density at radius 2 is 2.25 bits per heavy atom. The summed E-state index contributed by atoms with van der Waals surface area (Å²) in [4.78, 5) is 16.5. The molecule has 5 heteroatoms. The Hall–Kier alpha value is -1.62. The highest BCUT2D eigenvalue weighted by Gasteiger charge is 2.22. The van der Waals surface area contributed by atoms with Crippen LogP contribution in [0.2, 0.25) is 0 Å². The van der Waals surface area contributed by atoms with Crippen molar-refractivity contribution in [3.05, 3.63) is 23.4 Å². The van der Waals surface area contributed by atoms with Gasteiger partial charge in [-0.15, -0.1) is 0 Å². The molecule has 0 aliphatic heterocycles. The van der Waals surface area contributed by atoms with Crippen LogP contribution in [0.1, 0.15) is 55.1 Å². The number of carbonyl (C=O) groups excluding carboxylic acids is 1. The van der Waals surface area contributed by atoms with Gasteiger partial charge in [0.25, 0.3) is 5.91 Å². The van der Waals surface area contributed by atoms with Gasteiger partial charge in [0.05, 0.1) is 0 Å². The second-order valence-electron chi connectivity index (χ2n) is 5.64. The molecule has 1 aromatic heterocycles. The average Bonchev–Trinajstić information content (AvgIpc) is 2.46. The fraction of sp³-hybridized carbons (Fsp3) is 0.600. The quantitative estimate of drug-likeness (QED) is 0.582. The fourth-order valence-electron chi connectivity index (χ4n) is 2.94.